The lowest BCUT2D eigenvalue weighted by Gasteiger charge is -2.23. The lowest BCUT2D eigenvalue weighted by Crippen LogP contribution is -2.23. The standard InChI is InChI=1S/C22H23F2NO5/c1-4-29-21-10-14(5-6-18(21)30-22(23)24)17(26)12-16-15-11-20(28-3)19(27-2)9-13(15)7-8-25-16/h5-6,9-12,22,25H,4,7-8H2,1-3H3/b16-12-. The minimum Gasteiger partial charge on any atom is -0.493 e. The van der Waals surface area contributed by atoms with Crippen molar-refractivity contribution in [2.75, 3.05) is 27.4 Å². The van der Waals surface area contributed by atoms with Crippen molar-refractivity contribution < 1.29 is 32.5 Å². The van der Waals surface area contributed by atoms with E-state index in [4.69, 9.17) is 14.2 Å². The Kier molecular flexibility index (Phi) is 6.76. The van der Waals surface area contributed by atoms with Crippen LogP contribution in [0.3, 0.4) is 0 Å². The summed E-state index contributed by atoms with van der Waals surface area (Å²) in [5, 5.41) is 3.23. The van der Waals surface area contributed by atoms with Crippen molar-refractivity contribution >= 4 is 11.5 Å². The van der Waals surface area contributed by atoms with Crippen molar-refractivity contribution in [3.05, 3.63) is 53.1 Å². The molecule has 0 atom stereocenters. The zero-order valence-electron chi connectivity index (χ0n) is 17.0. The summed E-state index contributed by atoms with van der Waals surface area (Å²) >= 11 is 0. The maximum Gasteiger partial charge on any atom is 0.387 e. The number of carbonyl (C=O) groups excluding carboxylic acids is 1. The lowest BCUT2D eigenvalue weighted by molar-refractivity contribution is -0.0514. The summed E-state index contributed by atoms with van der Waals surface area (Å²) < 4.78 is 45.7. The average molecular weight is 419 g/mol. The minimum absolute atomic E-state index is 0.0884. The van der Waals surface area contributed by atoms with E-state index in [1.54, 1.807) is 21.1 Å². The SMILES string of the molecule is CCOc1cc(C(=O)/C=C2\NCCc3cc(OC)c(OC)cc32)ccc1OC(F)F. The predicted molar refractivity (Wildman–Crippen MR) is 108 cm³/mol. The molecule has 3 rings (SSSR count). The van der Waals surface area contributed by atoms with Gasteiger partial charge in [-0.05, 0) is 49.2 Å². The summed E-state index contributed by atoms with van der Waals surface area (Å²) in [6.45, 7) is -0.363. The number of fused-ring (bicyclic) bond motifs is 1. The van der Waals surface area contributed by atoms with Gasteiger partial charge in [0.05, 0.1) is 20.8 Å². The Hall–Kier alpha value is -3.29. The van der Waals surface area contributed by atoms with Gasteiger partial charge in [-0.3, -0.25) is 4.79 Å². The van der Waals surface area contributed by atoms with Crippen LogP contribution in [0.4, 0.5) is 8.78 Å². The zero-order valence-corrected chi connectivity index (χ0v) is 17.0. The topological polar surface area (TPSA) is 66.0 Å². The minimum atomic E-state index is -2.98. The van der Waals surface area contributed by atoms with E-state index in [0.717, 1.165) is 17.5 Å². The quantitative estimate of drug-likeness (QED) is 0.514. The molecule has 0 saturated carbocycles. The molecule has 0 aromatic heterocycles. The van der Waals surface area contributed by atoms with E-state index in [2.05, 4.69) is 10.1 Å². The highest BCUT2D eigenvalue weighted by atomic mass is 19.3. The van der Waals surface area contributed by atoms with Gasteiger partial charge >= 0.3 is 6.61 Å². The number of rotatable bonds is 8. The maximum absolute atomic E-state index is 12.9. The predicted octanol–water partition coefficient (Wildman–Crippen LogP) is 4.07. The molecule has 1 N–H and O–H groups in total. The summed E-state index contributed by atoms with van der Waals surface area (Å²) in [4.78, 5) is 12.9. The summed E-state index contributed by atoms with van der Waals surface area (Å²) in [5.74, 6) is 0.856. The van der Waals surface area contributed by atoms with Crippen LogP contribution in [0.5, 0.6) is 23.0 Å². The van der Waals surface area contributed by atoms with Gasteiger partial charge in [0.2, 0.25) is 0 Å². The molecule has 1 heterocycles. The Bertz CT molecular complexity index is 959. The molecule has 30 heavy (non-hydrogen) atoms. The molecule has 0 bridgehead atoms. The van der Waals surface area contributed by atoms with Crippen LogP contribution in [0.25, 0.3) is 5.70 Å². The number of alkyl halides is 2. The average Bonchev–Trinajstić information content (AvgIpc) is 2.74. The van der Waals surface area contributed by atoms with Crippen LogP contribution in [0.1, 0.15) is 28.4 Å². The molecule has 2 aromatic rings. The first-order valence-electron chi connectivity index (χ1n) is 9.43. The number of ether oxygens (including phenoxy) is 4. The highest BCUT2D eigenvalue weighted by Gasteiger charge is 2.20. The number of carbonyl (C=O) groups is 1. The van der Waals surface area contributed by atoms with Gasteiger partial charge in [-0.25, -0.2) is 0 Å². The van der Waals surface area contributed by atoms with E-state index in [1.807, 2.05) is 12.1 Å². The lowest BCUT2D eigenvalue weighted by atomic mass is 9.95. The molecule has 0 fully saturated rings. The van der Waals surface area contributed by atoms with Gasteiger partial charge in [0.25, 0.3) is 0 Å². The fraction of sp³-hybridized carbons (Fsp3) is 0.318. The first-order chi connectivity index (χ1) is 14.5. The van der Waals surface area contributed by atoms with Crippen LogP contribution < -0.4 is 24.3 Å². The molecular weight excluding hydrogens is 396 g/mol. The molecule has 0 unspecified atom stereocenters. The number of ketones is 1. The smallest absolute Gasteiger partial charge is 0.387 e. The third-order valence-corrected chi connectivity index (χ3v) is 4.63. The van der Waals surface area contributed by atoms with Crippen molar-refractivity contribution in [3.8, 4) is 23.0 Å². The van der Waals surface area contributed by atoms with E-state index >= 15 is 0 Å². The molecule has 6 nitrogen and oxygen atoms in total. The fourth-order valence-corrected chi connectivity index (χ4v) is 3.27. The van der Waals surface area contributed by atoms with Gasteiger partial charge < -0.3 is 24.3 Å². The van der Waals surface area contributed by atoms with Crippen molar-refractivity contribution in [1.29, 1.82) is 0 Å². The van der Waals surface area contributed by atoms with Crippen LogP contribution in [-0.2, 0) is 6.42 Å². The third-order valence-electron chi connectivity index (χ3n) is 4.63. The first-order valence-corrected chi connectivity index (χ1v) is 9.43. The molecule has 2 aromatic carbocycles. The summed E-state index contributed by atoms with van der Waals surface area (Å²) in [6.07, 6.45) is 2.25. The fourth-order valence-electron chi connectivity index (χ4n) is 3.27. The number of allylic oxidation sites excluding steroid dienone is 1. The summed E-state index contributed by atoms with van der Waals surface area (Å²) in [5.41, 5.74) is 2.81. The Labute approximate surface area is 173 Å². The van der Waals surface area contributed by atoms with Gasteiger partial charge in [0, 0.05) is 29.4 Å². The largest absolute Gasteiger partial charge is 0.493 e. The number of nitrogens with one attached hydrogen (secondary N) is 1. The van der Waals surface area contributed by atoms with E-state index < -0.39 is 6.61 Å². The van der Waals surface area contributed by atoms with E-state index in [-0.39, 0.29) is 23.9 Å². The van der Waals surface area contributed by atoms with Gasteiger partial charge in [0.1, 0.15) is 0 Å². The number of hydrogen-bond acceptors (Lipinski definition) is 6. The molecule has 160 valence electrons. The van der Waals surface area contributed by atoms with E-state index in [9.17, 15) is 13.6 Å². The van der Waals surface area contributed by atoms with Crippen LogP contribution in [0, 0.1) is 0 Å². The summed E-state index contributed by atoms with van der Waals surface area (Å²) in [6, 6.07) is 7.86. The van der Waals surface area contributed by atoms with Gasteiger partial charge in [0.15, 0.2) is 28.8 Å². The molecule has 0 radical (unpaired) electrons. The van der Waals surface area contributed by atoms with Crippen molar-refractivity contribution in [2.24, 2.45) is 0 Å². The van der Waals surface area contributed by atoms with Crippen LogP contribution >= 0.6 is 0 Å². The zero-order chi connectivity index (χ0) is 21.7. The number of halogens is 2. The number of benzene rings is 2. The second kappa shape index (κ2) is 9.47. The normalized spacial score (nSPS) is 14.1. The van der Waals surface area contributed by atoms with Crippen molar-refractivity contribution in [1.82, 2.24) is 5.32 Å². The second-order valence-electron chi connectivity index (χ2n) is 6.44. The number of hydrogen-bond donors (Lipinski definition) is 1. The molecule has 0 amide bonds. The monoisotopic (exact) mass is 419 g/mol. The van der Waals surface area contributed by atoms with E-state index in [0.29, 0.717) is 29.3 Å². The van der Waals surface area contributed by atoms with E-state index in [1.165, 1.54) is 24.3 Å². The Balaban J connectivity index is 1.95. The molecular formula is C22H23F2NO5. The Morgan fingerprint density at radius 2 is 1.83 bits per heavy atom. The Morgan fingerprint density at radius 1 is 1.10 bits per heavy atom. The van der Waals surface area contributed by atoms with Gasteiger partial charge in [-0.15, -0.1) is 0 Å². The van der Waals surface area contributed by atoms with Crippen molar-refractivity contribution in [3.63, 3.8) is 0 Å². The highest BCUT2D eigenvalue weighted by Crippen LogP contribution is 2.35. The van der Waals surface area contributed by atoms with Crippen LogP contribution in [0.15, 0.2) is 36.4 Å². The molecule has 0 spiro atoms. The third kappa shape index (κ3) is 4.64. The van der Waals surface area contributed by atoms with Crippen LogP contribution in [0.2, 0.25) is 0 Å². The number of methoxy groups -OCH3 is 2. The molecule has 0 aliphatic carbocycles. The van der Waals surface area contributed by atoms with Gasteiger partial charge in [-0.2, -0.15) is 8.78 Å². The highest BCUT2D eigenvalue weighted by molar-refractivity contribution is 6.09. The molecule has 1 aliphatic heterocycles. The van der Waals surface area contributed by atoms with Crippen LogP contribution in [-0.4, -0.2) is 39.8 Å². The molecule has 8 heteroatoms. The first kappa shape index (κ1) is 21.4. The summed E-state index contributed by atoms with van der Waals surface area (Å²) in [7, 11) is 3.12. The van der Waals surface area contributed by atoms with Crippen molar-refractivity contribution in [2.45, 2.75) is 20.0 Å². The maximum atomic E-state index is 12.9. The molecule has 1 aliphatic rings. The second-order valence-corrected chi connectivity index (χ2v) is 6.44. The van der Waals surface area contributed by atoms with Gasteiger partial charge in [-0.1, -0.05) is 0 Å². The molecule has 0 saturated heterocycles. The Morgan fingerprint density at radius 3 is 2.50 bits per heavy atom.